The molecular weight excluding hydrogens is 514 g/mol. The fourth-order valence-corrected chi connectivity index (χ4v) is 7.21. The van der Waals surface area contributed by atoms with Gasteiger partial charge in [-0.2, -0.15) is 0 Å². The minimum atomic E-state index is -2.16. The van der Waals surface area contributed by atoms with E-state index in [0.29, 0.717) is 11.3 Å². The summed E-state index contributed by atoms with van der Waals surface area (Å²) < 4.78 is -2.16. The summed E-state index contributed by atoms with van der Waals surface area (Å²) in [4.78, 5) is 21.1. The maximum atomic E-state index is 13.2. The minimum Gasteiger partial charge on any atom is -0.481 e. The third kappa shape index (κ3) is 2.65. The predicted molar refractivity (Wildman–Crippen MR) is 115 cm³/mol. The van der Waals surface area contributed by atoms with Crippen molar-refractivity contribution in [1.29, 1.82) is 0 Å². The first-order valence-electron chi connectivity index (χ1n) is 7.85. The van der Waals surface area contributed by atoms with E-state index >= 15 is 0 Å². The van der Waals surface area contributed by atoms with Crippen LogP contribution in [0, 0.1) is 25.7 Å². The summed E-state index contributed by atoms with van der Waals surface area (Å²) in [5.41, 5.74) is 1.85. The Hall–Kier alpha value is -0.0700. The molecule has 1 fully saturated rings. The highest BCUT2D eigenvalue weighted by molar-refractivity contribution is 6.66. The zero-order valence-corrected chi connectivity index (χ0v) is 19.5. The van der Waals surface area contributed by atoms with E-state index in [1.165, 1.54) is 0 Å². The van der Waals surface area contributed by atoms with Crippen molar-refractivity contribution in [2.75, 3.05) is 5.32 Å². The van der Waals surface area contributed by atoms with Gasteiger partial charge in [0.25, 0.3) is 0 Å². The van der Waals surface area contributed by atoms with Gasteiger partial charge in [-0.3, -0.25) is 9.59 Å². The van der Waals surface area contributed by atoms with Gasteiger partial charge in [0, 0.05) is 0 Å². The number of hydrogen-bond acceptors (Lipinski definition) is 2. The molecule has 1 saturated carbocycles. The van der Waals surface area contributed by atoms with Crippen LogP contribution in [-0.2, 0) is 9.59 Å². The third-order valence-electron chi connectivity index (χ3n) is 5.16. The lowest BCUT2D eigenvalue weighted by Gasteiger charge is -2.33. The van der Waals surface area contributed by atoms with Crippen LogP contribution in [0.4, 0.5) is 5.69 Å². The number of amides is 1. The van der Waals surface area contributed by atoms with Gasteiger partial charge in [-0.15, -0.1) is 23.2 Å². The highest BCUT2D eigenvalue weighted by Gasteiger charge is 2.85. The molecule has 0 heterocycles. The van der Waals surface area contributed by atoms with Gasteiger partial charge < -0.3 is 10.4 Å². The number of anilines is 1. The number of carboxylic acids is 1. The molecule has 4 nitrogen and oxygen atoms in total. The Morgan fingerprint density at radius 3 is 1.93 bits per heavy atom. The molecule has 152 valence electrons. The largest absolute Gasteiger partial charge is 0.481 e. The fraction of sp³-hybridized carbons (Fsp3) is 0.412. The van der Waals surface area contributed by atoms with Crippen LogP contribution in [0.2, 0.25) is 5.02 Å². The predicted octanol–water partition coefficient (Wildman–Crippen LogP) is 6.06. The average molecular weight is 526 g/mol. The molecule has 2 aliphatic rings. The molecule has 11 heteroatoms. The molecule has 28 heavy (non-hydrogen) atoms. The van der Waals surface area contributed by atoms with Crippen LogP contribution >= 0.6 is 81.2 Å². The lowest BCUT2D eigenvalue weighted by atomic mass is 9.81. The van der Waals surface area contributed by atoms with Crippen molar-refractivity contribution in [3.63, 3.8) is 0 Å². The lowest BCUT2D eigenvalue weighted by Crippen LogP contribution is -2.47. The molecule has 1 aromatic rings. The van der Waals surface area contributed by atoms with Gasteiger partial charge in [0.2, 0.25) is 5.91 Å². The number of aliphatic carboxylic acids is 1. The van der Waals surface area contributed by atoms with Crippen molar-refractivity contribution in [3.05, 3.63) is 38.3 Å². The summed E-state index contributed by atoms with van der Waals surface area (Å²) >= 11 is 44.5. The number of rotatable bonds is 3. The fourth-order valence-electron chi connectivity index (χ4n) is 3.90. The molecule has 0 radical (unpaired) electrons. The summed E-state index contributed by atoms with van der Waals surface area (Å²) in [6.07, 6.45) is 0. The van der Waals surface area contributed by atoms with Gasteiger partial charge >= 0.3 is 5.97 Å². The molecular formula is C17H12Cl7NO3. The molecule has 2 N–H and O–H groups in total. The van der Waals surface area contributed by atoms with Crippen LogP contribution in [0.15, 0.2) is 22.2 Å². The van der Waals surface area contributed by atoms with Gasteiger partial charge in [-0.05, 0) is 31.0 Å². The van der Waals surface area contributed by atoms with E-state index in [9.17, 15) is 14.7 Å². The Balaban J connectivity index is 2.14. The number of carbonyl (C=O) groups excluding carboxylic acids is 1. The van der Waals surface area contributed by atoms with Crippen LogP contribution in [0.3, 0.4) is 0 Å². The Morgan fingerprint density at radius 2 is 1.46 bits per heavy atom. The van der Waals surface area contributed by atoms with E-state index in [1.807, 2.05) is 6.92 Å². The van der Waals surface area contributed by atoms with E-state index in [1.54, 1.807) is 19.1 Å². The molecule has 3 rings (SSSR count). The Morgan fingerprint density at radius 1 is 0.964 bits per heavy atom. The van der Waals surface area contributed by atoms with Gasteiger partial charge in [0.15, 0.2) is 4.33 Å². The number of carbonyl (C=O) groups is 2. The average Bonchev–Trinajstić information content (AvgIpc) is 2.77. The van der Waals surface area contributed by atoms with E-state index in [2.05, 4.69) is 5.32 Å². The van der Waals surface area contributed by atoms with Gasteiger partial charge in [0.1, 0.15) is 9.75 Å². The van der Waals surface area contributed by atoms with Crippen LogP contribution in [0.1, 0.15) is 11.1 Å². The number of halogens is 7. The topological polar surface area (TPSA) is 66.4 Å². The van der Waals surface area contributed by atoms with Crippen molar-refractivity contribution >= 4 is 98.8 Å². The number of fused-ring (bicyclic) bond motifs is 2. The van der Waals surface area contributed by atoms with Crippen LogP contribution < -0.4 is 5.32 Å². The molecule has 2 bridgehead atoms. The first-order chi connectivity index (χ1) is 12.7. The third-order valence-corrected chi connectivity index (χ3v) is 9.72. The maximum Gasteiger partial charge on any atom is 0.309 e. The van der Waals surface area contributed by atoms with E-state index in [-0.39, 0.29) is 15.1 Å². The standard InChI is InChI=1S/C17H12Cl7NO3/c1-5-3-6(2)10(7(18)4-5)25-13(26)8-9(14(27)28)16(22)12(20)11(19)15(8,21)17(16,23)24/h3-4,8-9H,1-2H3,(H,25,26)(H,27,28)/t8-,9-,15-,16-/m1/s1. The highest BCUT2D eigenvalue weighted by Crippen LogP contribution is 2.76. The summed E-state index contributed by atoms with van der Waals surface area (Å²) in [5.74, 6) is -5.41. The molecule has 1 aromatic carbocycles. The summed E-state index contributed by atoms with van der Waals surface area (Å²) in [7, 11) is 0. The van der Waals surface area contributed by atoms with Crippen molar-refractivity contribution in [1.82, 2.24) is 0 Å². The normalized spacial score (nSPS) is 33.3. The molecule has 2 aliphatic carbocycles. The summed E-state index contributed by atoms with van der Waals surface area (Å²) in [6.45, 7) is 3.58. The van der Waals surface area contributed by atoms with Crippen LogP contribution in [-0.4, -0.2) is 31.1 Å². The molecule has 0 unspecified atom stereocenters. The van der Waals surface area contributed by atoms with Crippen molar-refractivity contribution in [2.45, 2.75) is 27.9 Å². The molecule has 0 aliphatic heterocycles. The maximum absolute atomic E-state index is 13.2. The number of nitrogens with one attached hydrogen (secondary N) is 1. The van der Waals surface area contributed by atoms with Crippen LogP contribution in [0.5, 0.6) is 0 Å². The Bertz CT molecular complexity index is 924. The number of benzene rings is 1. The van der Waals surface area contributed by atoms with E-state index < -0.39 is 37.8 Å². The smallest absolute Gasteiger partial charge is 0.309 e. The van der Waals surface area contributed by atoms with Gasteiger partial charge in [0.05, 0.1) is 32.6 Å². The summed E-state index contributed by atoms with van der Waals surface area (Å²) in [6, 6.07) is 3.45. The highest BCUT2D eigenvalue weighted by atomic mass is 35.5. The molecule has 0 aromatic heterocycles. The Kier molecular flexibility index (Phi) is 5.64. The lowest BCUT2D eigenvalue weighted by molar-refractivity contribution is -0.146. The van der Waals surface area contributed by atoms with Gasteiger partial charge in [-0.1, -0.05) is 64.1 Å². The van der Waals surface area contributed by atoms with Crippen molar-refractivity contribution in [2.24, 2.45) is 11.8 Å². The Labute approximate surface area is 196 Å². The van der Waals surface area contributed by atoms with Crippen molar-refractivity contribution < 1.29 is 14.7 Å². The van der Waals surface area contributed by atoms with E-state index in [4.69, 9.17) is 81.2 Å². The molecule has 1 amide bonds. The van der Waals surface area contributed by atoms with Crippen molar-refractivity contribution in [3.8, 4) is 0 Å². The molecule has 0 spiro atoms. The SMILES string of the molecule is Cc1cc(C)c(NC(=O)[C@H]2[C@H](C(=O)O)[C@@]3(Cl)C(Cl)=C(Cl)[C@@]2(Cl)C3(Cl)Cl)c(Cl)c1. The first kappa shape index (κ1) is 22.6. The number of aryl methyl sites for hydroxylation is 2. The quantitative estimate of drug-likeness (QED) is 0.471. The second-order valence-electron chi connectivity index (χ2n) is 6.85. The second-order valence-corrected chi connectivity index (χ2v) is 10.5. The molecule has 0 saturated heterocycles. The van der Waals surface area contributed by atoms with Gasteiger partial charge in [-0.25, -0.2) is 0 Å². The molecule has 4 atom stereocenters. The number of carboxylic acid groups (broad SMARTS) is 1. The summed E-state index contributed by atoms with van der Waals surface area (Å²) in [5, 5.41) is 12.1. The zero-order valence-electron chi connectivity index (χ0n) is 14.2. The monoisotopic (exact) mass is 523 g/mol. The first-order valence-corrected chi connectivity index (χ1v) is 10.5. The second kappa shape index (κ2) is 6.98. The number of hydrogen-bond donors (Lipinski definition) is 2. The minimum absolute atomic E-state index is 0.264. The number of allylic oxidation sites excluding steroid dienone is 2. The van der Waals surface area contributed by atoms with Crippen LogP contribution in [0.25, 0.3) is 0 Å². The number of alkyl halides is 4. The van der Waals surface area contributed by atoms with E-state index in [0.717, 1.165) is 5.56 Å². The zero-order chi connectivity index (χ0) is 21.4.